The highest BCUT2D eigenvalue weighted by Crippen LogP contribution is 2.37. The van der Waals surface area contributed by atoms with Crippen LogP contribution in [0.3, 0.4) is 0 Å². The Kier molecular flexibility index (Phi) is 4.97. The van der Waals surface area contributed by atoms with Gasteiger partial charge in [0.05, 0.1) is 19.3 Å². The quantitative estimate of drug-likeness (QED) is 0.720. The summed E-state index contributed by atoms with van der Waals surface area (Å²) in [4.78, 5) is 16.2. The van der Waals surface area contributed by atoms with Crippen molar-refractivity contribution >= 4 is 6.09 Å². The fourth-order valence-electron chi connectivity index (χ4n) is 3.95. The number of hydrogen-bond donors (Lipinski definition) is 0. The summed E-state index contributed by atoms with van der Waals surface area (Å²) in [6, 6.07) is 2.54. The lowest BCUT2D eigenvalue weighted by molar-refractivity contribution is -0.191. The highest BCUT2D eigenvalue weighted by molar-refractivity contribution is 5.68. The van der Waals surface area contributed by atoms with Gasteiger partial charge in [-0.2, -0.15) is 5.26 Å². The van der Waals surface area contributed by atoms with Gasteiger partial charge in [0.25, 0.3) is 0 Å². The molecule has 25 heavy (non-hydrogen) atoms. The third-order valence-electron chi connectivity index (χ3n) is 5.39. The first-order chi connectivity index (χ1) is 11.8. The average molecular weight is 351 g/mol. The molecule has 1 amide bonds. The summed E-state index contributed by atoms with van der Waals surface area (Å²) >= 11 is 0. The van der Waals surface area contributed by atoms with Crippen LogP contribution in [-0.2, 0) is 14.2 Å². The average Bonchev–Trinajstić information content (AvgIpc) is 3.02. The number of rotatable bonds is 1. The molecule has 0 N–H and O–H groups in total. The normalized spacial score (nSPS) is 26.4. The van der Waals surface area contributed by atoms with Gasteiger partial charge in [-0.25, -0.2) is 4.79 Å². The van der Waals surface area contributed by atoms with Crippen LogP contribution < -0.4 is 0 Å². The molecular weight excluding hydrogens is 322 g/mol. The molecule has 7 nitrogen and oxygen atoms in total. The number of nitrogens with zero attached hydrogens (tertiary/aromatic N) is 3. The molecule has 3 saturated heterocycles. The van der Waals surface area contributed by atoms with Crippen LogP contribution >= 0.6 is 0 Å². The molecule has 0 aromatic rings. The number of hydrogen-bond acceptors (Lipinski definition) is 6. The molecule has 3 fully saturated rings. The van der Waals surface area contributed by atoms with Gasteiger partial charge >= 0.3 is 6.09 Å². The zero-order chi connectivity index (χ0) is 18.1. The van der Waals surface area contributed by atoms with Crippen LogP contribution in [0.15, 0.2) is 0 Å². The van der Waals surface area contributed by atoms with Gasteiger partial charge in [-0.3, -0.25) is 4.90 Å². The second-order valence-corrected chi connectivity index (χ2v) is 8.21. The first-order valence-electron chi connectivity index (χ1n) is 9.20. The Morgan fingerprint density at radius 1 is 1.04 bits per heavy atom. The Morgan fingerprint density at radius 2 is 1.60 bits per heavy atom. The number of likely N-dealkylation sites (tertiary alicyclic amines) is 2. The third kappa shape index (κ3) is 3.91. The van der Waals surface area contributed by atoms with E-state index < -0.39 is 16.9 Å². The summed E-state index contributed by atoms with van der Waals surface area (Å²) in [5.74, 6) is -0.426. The molecule has 3 heterocycles. The van der Waals surface area contributed by atoms with Crippen LogP contribution in [0.4, 0.5) is 4.79 Å². The van der Waals surface area contributed by atoms with E-state index in [2.05, 4.69) is 11.0 Å². The smallest absolute Gasteiger partial charge is 0.410 e. The van der Waals surface area contributed by atoms with Gasteiger partial charge in [-0.1, -0.05) is 0 Å². The largest absolute Gasteiger partial charge is 0.444 e. The van der Waals surface area contributed by atoms with E-state index in [9.17, 15) is 10.1 Å². The fraction of sp³-hybridized carbons (Fsp3) is 0.889. The summed E-state index contributed by atoms with van der Waals surface area (Å²) in [7, 11) is 0. The lowest BCUT2D eigenvalue weighted by Crippen LogP contribution is -2.59. The molecular formula is C18H29N3O4. The lowest BCUT2D eigenvalue weighted by Gasteiger charge is -2.48. The Labute approximate surface area is 149 Å². The van der Waals surface area contributed by atoms with Gasteiger partial charge in [0, 0.05) is 39.0 Å². The molecule has 0 aromatic carbocycles. The maximum absolute atomic E-state index is 12.2. The van der Waals surface area contributed by atoms with Gasteiger partial charge < -0.3 is 19.1 Å². The van der Waals surface area contributed by atoms with Crippen LogP contribution in [0.25, 0.3) is 0 Å². The van der Waals surface area contributed by atoms with Crippen molar-refractivity contribution in [2.45, 2.75) is 63.4 Å². The summed E-state index contributed by atoms with van der Waals surface area (Å²) < 4.78 is 17.0. The molecule has 140 valence electrons. The summed E-state index contributed by atoms with van der Waals surface area (Å²) in [6.45, 7) is 9.61. The van der Waals surface area contributed by atoms with Crippen LogP contribution in [0.5, 0.6) is 0 Å². The molecule has 0 aliphatic carbocycles. The number of carbonyl (C=O) groups is 1. The zero-order valence-corrected chi connectivity index (χ0v) is 15.5. The van der Waals surface area contributed by atoms with Gasteiger partial charge in [0.2, 0.25) is 0 Å². The molecule has 0 bridgehead atoms. The van der Waals surface area contributed by atoms with Crippen molar-refractivity contribution in [1.82, 2.24) is 9.80 Å². The maximum atomic E-state index is 12.2. The SMILES string of the molecule is CC(C)(C)OC(=O)N1CCC(C#N)(N2CCC3(CC2)OCCO3)CC1. The number of amides is 1. The van der Waals surface area contributed by atoms with E-state index in [1.54, 1.807) is 4.90 Å². The first kappa shape index (κ1) is 18.4. The Hall–Kier alpha value is -1.36. The minimum Gasteiger partial charge on any atom is -0.444 e. The predicted octanol–water partition coefficient (Wildman–Crippen LogP) is 2.12. The van der Waals surface area contributed by atoms with Gasteiger partial charge in [-0.05, 0) is 33.6 Å². The van der Waals surface area contributed by atoms with E-state index in [1.807, 2.05) is 20.8 Å². The molecule has 1 spiro atoms. The van der Waals surface area contributed by atoms with E-state index in [1.165, 1.54) is 0 Å². The van der Waals surface area contributed by atoms with E-state index in [0.29, 0.717) is 39.1 Å². The van der Waals surface area contributed by atoms with Crippen molar-refractivity contribution in [2.24, 2.45) is 0 Å². The van der Waals surface area contributed by atoms with Crippen LogP contribution in [-0.4, -0.2) is 72.2 Å². The van der Waals surface area contributed by atoms with E-state index in [-0.39, 0.29) is 6.09 Å². The number of ether oxygens (including phenoxy) is 3. The van der Waals surface area contributed by atoms with Crippen molar-refractivity contribution in [2.75, 3.05) is 39.4 Å². The number of nitriles is 1. The van der Waals surface area contributed by atoms with Crippen molar-refractivity contribution in [3.63, 3.8) is 0 Å². The summed E-state index contributed by atoms with van der Waals surface area (Å²) in [5, 5.41) is 9.87. The molecule has 0 radical (unpaired) electrons. The molecule has 3 rings (SSSR count). The van der Waals surface area contributed by atoms with Crippen molar-refractivity contribution in [1.29, 1.82) is 5.26 Å². The standard InChI is InChI=1S/C18H29N3O4/c1-16(2,3)25-15(22)20-8-4-17(14-19,5-9-20)21-10-6-18(7-11-21)23-12-13-24-18/h4-13H2,1-3H3. The van der Waals surface area contributed by atoms with E-state index >= 15 is 0 Å². The monoisotopic (exact) mass is 351 g/mol. The Balaban J connectivity index is 1.57. The van der Waals surface area contributed by atoms with Crippen LogP contribution in [0, 0.1) is 11.3 Å². The lowest BCUT2D eigenvalue weighted by atomic mass is 9.85. The second kappa shape index (κ2) is 6.75. The molecule has 0 saturated carbocycles. The molecule has 0 unspecified atom stereocenters. The minimum atomic E-state index is -0.501. The van der Waals surface area contributed by atoms with Gasteiger partial charge in [0.15, 0.2) is 5.79 Å². The van der Waals surface area contributed by atoms with Gasteiger partial charge in [0.1, 0.15) is 11.1 Å². The highest BCUT2D eigenvalue weighted by atomic mass is 16.7. The number of piperidine rings is 2. The van der Waals surface area contributed by atoms with Crippen molar-refractivity contribution in [3.8, 4) is 6.07 Å². The topological polar surface area (TPSA) is 75.0 Å². The van der Waals surface area contributed by atoms with E-state index in [0.717, 1.165) is 25.9 Å². The highest BCUT2D eigenvalue weighted by Gasteiger charge is 2.47. The zero-order valence-electron chi connectivity index (χ0n) is 15.5. The van der Waals surface area contributed by atoms with Crippen molar-refractivity contribution in [3.05, 3.63) is 0 Å². The minimum absolute atomic E-state index is 0.288. The van der Waals surface area contributed by atoms with Crippen LogP contribution in [0.1, 0.15) is 46.5 Å². The molecule has 3 aliphatic rings. The van der Waals surface area contributed by atoms with Crippen molar-refractivity contribution < 1.29 is 19.0 Å². The Bertz CT molecular complexity index is 528. The molecule has 0 aromatic heterocycles. The summed E-state index contributed by atoms with van der Waals surface area (Å²) in [6.07, 6.45) is 2.61. The maximum Gasteiger partial charge on any atom is 0.410 e. The third-order valence-corrected chi connectivity index (χ3v) is 5.39. The second-order valence-electron chi connectivity index (χ2n) is 8.21. The fourth-order valence-corrected chi connectivity index (χ4v) is 3.95. The predicted molar refractivity (Wildman–Crippen MR) is 90.8 cm³/mol. The molecule has 3 aliphatic heterocycles. The van der Waals surface area contributed by atoms with Crippen LogP contribution in [0.2, 0.25) is 0 Å². The van der Waals surface area contributed by atoms with Gasteiger partial charge in [-0.15, -0.1) is 0 Å². The molecule has 0 atom stereocenters. The molecule has 7 heteroatoms. The summed E-state index contributed by atoms with van der Waals surface area (Å²) in [5.41, 5.74) is -0.998. The number of carbonyl (C=O) groups excluding carboxylic acids is 1. The Morgan fingerprint density at radius 3 is 2.08 bits per heavy atom. The van der Waals surface area contributed by atoms with E-state index in [4.69, 9.17) is 14.2 Å². The first-order valence-corrected chi connectivity index (χ1v) is 9.20.